The minimum absolute atomic E-state index is 0.123. The first-order valence-electron chi connectivity index (χ1n) is 10.3. The predicted octanol–water partition coefficient (Wildman–Crippen LogP) is 4.57. The van der Waals surface area contributed by atoms with Crippen LogP contribution in [-0.2, 0) is 19.6 Å². The second-order valence-corrected chi connectivity index (χ2v) is 9.08. The Morgan fingerprint density at radius 3 is 2.11 bits per heavy atom. The van der Waals surface area contributed by atoms with Crippen LogP contribution in [0.3, 0.4) is 0 Å². The van der Waals surface area contributed by atoms with Crippen LogP contribution in [-0.4, -0.2) is 27.0 Å². The van der Waals surface area contributed by atoms with Crippen LogP contribution in [0.15, 0.2) is 35.2 Å². The van der Waals surface area contributed by atoms with Gasteiger partial charge in [0.2, 0.25) is 10.0 Å². The molecular formula is C21H33NO4S. The van der Waals surface area contributed by atoms with Crippen LogP contribution in [0.25, 0.3) is 0 Å². The molecule has 152 valence electrons. The molecule has 1 atom stereocenters. The van der Waals surface area contributed by atoms with Crippen LogP contribution in [0, 0.1) is 0 Å². The average Bonchev–Trinajstić information content (AvgIpc) is 2.66. The zero-order valence-corrected chi connectivity index (χ0v) is 17.0. The monoisotopic (exact) mass is 395 g/mol. The van der Waals surface area contributed by atoms with E-state index in [1.165, 1.54) is 25.7 Å². The van der Waals surface area contributed by atoms with Crippen LogP contribution in [0.2, 0.25) is 0 Å². The largest absolute Gasteiger partial charge is 0.466 e. The summed E-state index contributed by atoms with van der Waals surface area (Å²) in [6.07, 6.45) is 11.6. The minimum Gasteiger partial charge on any atom is -0.466 e. The highest BCUT2D eigenvalue weighted by molar-refractivity contribution is 7.89. The first kappa shape index (κ1) is 21.9. The molecule has 1 fully saturated rings. The van der Waals surface area contributed by atoms with Crippen LogP contribution in [0.4, 0.5) is 0 Å². The molecule has 1 saturated heterocycles. The van der Waals surface area contributed by atoms with Gasteiger partial charge < -0.3 is 4.74 Å². The smallest absolute Gasteiger partial charge is 0.305 e. The summed E-state index contributed by atoms with van der Waals surface area (Å²) in [5.74, 6) is -0.136. The third-order valence-corrected chi connectivity index (χ3v) is 6.56. The Balaban J connectivity index is 1.92. The van der Waals surface area contributed by atoms with E-state index in [0.717, 1.165) is 32.1 Å². The summed E-state index contributed by atoms with van der Waals surface area (Å²) in [7, 11) is -3.52. The van der Waals surface area contributed by atoms with Crippen LogP contribution >= 0.6 is 0 Å². The van der Waals surface area contributed by atoms with Gasteiger partial charge in [-0.05, 0) is 37.8 Å². The van der Waals surface area contributed by atoms with Crippen molar-refractivity contribution >= 4 is 16.0 Å². The molecule has 6 heteroatoms. The maximum Gasteiger partial charge on any atom is 0.305 e. The lowest BCUT2D eigenvalue weighted by molar-refractivity contribution is -0.143. The number of carbonyl (C=O) groups is 1. The summed E-state index contributed by atoms with van der Waals surface area (Å²) in [5.41, 5.74) is 0. The first-order chi connectivity index (χ1) is 13.1. The molecular weight excluding hydrogens is 362 g/mol. The third-order valence-electron chi connectivity index (χ3n) is 5.02. The molecule has 0 spiro atoms. The second kappa shape index (κ2) is 12.1. The summed E-state index contributed by atoms with van der Waals surface area (Å²) in [5, 5.41) is 0. The fraction of sp³-hybridized carbons (Fsp3) is 0.667. The number of benzene rings is 1. The molecule has 2 rings (SSSR count). The molecule has 5 nitrogen and oxygen atoms in total. The molecule has 0 saturated carbocycles. The van der Waals surface area contributed by atoms with Gasteiger partial charge in [0.25, 0.3) is 0 Å². The van der Waals surface area contributed by atoms with E-state index in [2.05, 4.69) is 4.72 Å². The van der Waals surface area contributed by atoms with E-state index in [1.807, 2.05) is 0 Å². The summed E-state index contributed by atoms with van der Waals surface area (Å²) in [6.45, 7) is 0.363. The van der Waals surface area contributed by atoms with E-state index in [9.17, 15) is 13.2 Å². The highest BCUT2D eigenvalue weighted by atomic mass is 32.2. The van der Waals surface area contributed by atoms with Crippen molar-refractivity contribution in [2.75, 3.05) is 6.61 Å². The number of ether oxygens (including phenoxy) is 1. The van der Waals surface area contributed by atoms with Gasteiger partial charge in [-0.2, -0.15) is 0 Å². The second-order valence-electron chi connectivity index (χ2n) is 7.36. The number of hydrogen-bond donors (Lipinski definition) is 1. The standard InChI is InChI=1S/C21H33NO4S/c23-21-17-11-6-4-2-1-3-5-8-13-19(14-12-18-26-21)22-27(24,25)20-15-9-7-10-16-20/h7,9-10,15-16,19,22H,1-6,8,11-14,17-18H2. The maximum atomic E-state index is 12.6. The molecule has 0 radical (unpaired) electrons. The van der Waals surface area contributed by atoms with Gasteiger partial charge >= 0.3 is 5.97 Å². The third kappa shape index (κ3) is 8.89. The molecule has 0 bridgehead atoms. The summed E-state index contributed by atoms with van der Waals surface area (Å²) in [4.78, 5) is 12.0. The highest BCUT2D eigenvalue weighted by Crippen LogP contribution is 2.16. The Labute approximate surface area is 163 Å². The Kier molecular flexibility index (Phi) is 9.84. The van der Waals surface area contributed by atoms with Gasteiger partial charge in [-0.15, -0.1) is 0 Å². The summed E-state index contributed by atoms with van der Waals surface area (Å²) >= 11 is 0. The average molecular weight is 396 g/mol. The van der Waals surface area contributed by atoms with Crippen molar-refractivity contribution in [2.45, 2.75) is 88.0 Å². The highest BCUT2D eigenvalue weighted by Gasteiger charge is 2.19. The lowest BCUT2D eigenvalue weighted by Gasteiger charge is -2.19. The van der Waals surface area contributed by atoms with Gasteiger partial charge in [-0.25, -0.2) is 13.1 Å². The molecule has 27 heavy (non-hydrogen) atoms. The van der Waals surface area contributed by atoms with Gasteiger partial charge in [0.1, 0.15) is 0 Å². The van der Waals surface area contributed by atoms with Crippen molar-refractivity contribution in [3.05, 3.63) is 30.3 Å². The van der Waals surface area contributed by atoms with E-state index in [0.29, 0.717) is 30.8 Å². The van der Waals surface area contributed by atoms with Crippen LogP contribution < -0.4 is 4.72 Å². The predicted molar refractivity (Wildman–Crippen MR) is 107 cm³/mol. The molecule has 1 aromatic carbocycles. The Bertz CT molecular complexity index is 645. The zero-order chi connectivity index (χ0) is 19.4. The molecule has 1 heterocycles. The molecule has 1 aliphatic rings. The van der Waals surface area contributed by atoms with E-state index < -0.39 is 10.0 Å². The number of rotatable bonds is 3. The molecule has 1 N–H and O–H groups in total. The number of nitrogens with one attached hydrogen (secondary N) is 1. The van der Waals surface area contributed by atoms with Gasteiger partial charge in [0, 0.05) is 12.5 Å². The Morgan fingerprint density at radius 1 is 0.815 bits per heavy atom. The molecule has 1 aliphatic heterocycles. The zero-order valence-electron chi connectivity index (χ0n) is 16.2. The van der Waals surface area contributed by atoms with Gasteiger partial charge in [0.05, 0.1) is 11.5 Å². The van der Waals surface area contributed by atoms with Crippen molar-refractivity contribution < 1.29 is 17.9 Å². The molecule has 1 unspecified atom stereocenters. The molecule has 0 aliphatic carbocycles. The fourth-order valence-electron chi connectivity index (χ4n) is 3.46. The van der Waals surface area contributed by atoms with Crippen molar-refractivity contribution in [1.29, 1.82) is 0 Å². The van der Waals surface area contributed by atoms with Crippen molar-refractivity contribution in [3.8, 4) is 0 Å². The van der Waals surface area contributed by atoms with Crippen molar-refractivity contribution in [2.24, 2.45) is 0 Å². The van der Waals surface area contributed by atoms with Crippen molar-refractivity contribution in [1.82, 2.24) is 4.72 Å². The molecule has 0 aromatic heterocycles. The molecule has 0 amide bonds. The number of esters is 1. The van der Waals surface area contributed by atoms with Gasteiger partial charge in [-0.1, -0.05) is 63.1 Å². The number of hydrogen-bond acceptors (Lipinski definition) is 4. The van der Waals surface area contributed by atoms with Crippen LogP contribution in [0.5, 0.6) is 0 Å². The van der Waals surface area contributed by atoms with E-state index >= 15 is 0 Å². The first-order valence-corrected chi connectivity index (χ1v) is 11.8. The SMILES string of the molecule is O=C1CCCCCCCCCCC(NS(=O)(=O)c2ccccc2)CCCO1. The lowest BCUT2D eigenvalue weighted by atomic mass is 10.0. The number of sulfonamides is 1. The van der Waals surface area contributed by atoms with Gasteiger partial charge in [0.15, 0.2) is 0 Å². The van der Waals surface area contributed by atoms with Crippen LogP contribution in [0.1, 0.15) is 77.0 Å². The van der Waals surface area contributed by atoms with Gasteiger partial charge in [-0.3, -0.25) is 4.79 Å². The molecule has 1 aromatic rings. The summed E-state index contributed by atoms with van der Waals surface area (Å²) in [6, 6.07) is 8.36. The van der Waals surface area contributed by atoms with E-state index in [1.54, 1.807) is 30.3 Å². The van der Waals surface area contributed by atoms with Crippen molar-refractivity contribution in [3.63, 3.8) is 0 Å². The lowest BCUT2D eigenvalue weighted by Crippen LogP contribution is -2.35. The van der Waals surface area contributed by atoms with E-state index in [-0.39, 0.29) is 12.0 Å². The quantitative estimate of drug-likeness (QED) is 0.761. The topological polar surface area (TPSA) is 72.5 Å². The maximum absolute atomic E-state index is 12.6. The van der Waals surface area contributed by atoms with E-state index in [4.69, 9.17) is 4.74 Å². The minimum atomic E-state index is -3.52. The summed E-state index contributed by atoms with van der Waals surface area (Å²) < 4.78 is 33.4. The Hall–Kier alpha value is -1.40. The Morgan fingerprint density at radius 2 is 1.41 bits per heavy atom. The number of cyclic esters (lactones) is 1. The number of carbonyl (C=O) groups excluding carboxylic acids is 1. The normalized spacial score (nSPS) is 22.1. The fourth-order valence-corrected chi connectivity index (χ4v) is 4.78.